The Kier molecular flexibility index (Phi) is 5.01. The summed E-state index contributed by atoms with van der Waals surface area (Å²) in [4.78, 5) is 13.1. The summed E-state index contributed by atoms with van der Waals surface area (Å²) in [5.74, 6) is -0.658. The van der Waals surface area contributed by atoms with Crippen molar-refractivity contribution in [3.05, 3.63) is 0 Å². The molecule has 0 aromatic carbocycles. The van der Waals surface area contributed by atoms with Crippen LogP contribution in [0.15, 0.2) is 0 Å². The van der Waals surface area contributed by atoms with Gasteiger partial charge in [0.2, 0.25) is 0 Å². The van der Waals surface area contributed by atoms with Crippen molar-refractivity contribution in [3.63, 3.8) is 0 Å². The molecular formula is C10H20N2O3. The van der Waals surface area contributed by atoms with Crippen molar-refractivity contribution >= 4 is 5.97 Å². The second-order valence-corrected chi connectivity index (χ2v) is 4.20. The molecule has 1 saturated heterocycles. The lowest BCUT2D eigenvalue weighted by atomic mass is 9.99. The average molecular weight is 216 g/mol. The molecule has 0 amide bonds. The number of rotatable bonds is 6. The van der Waals surface area contributed by atoms with Crippen LogP contribution in [0.4, 0.5) is 0 Å². The van der Waals surface area contributed by atoms with Gasteiger partial charge in [-0.1, -0.05) is 0 Å². The van der Waals surface area contributed by atoms with E-state index in [2.05, 4.69) is 5.32 Å². The topological polar surface area (TPSA) is 61.8 Å². The Balaban J connectivity index is 2.33. The third kappa shape index (κ3) is 4.15. The van der Waals surface area contributed by atoms with Gasteiger partial charge in [0.15, 0.2) is 0 Å². The van der Waals surface area contributed by atoms with Crippen LogP contribution in [0.1, 0.15) is 6.42 Å². The Morgan fingerprint density at radius 1 is 1.67 bits per heavy atom. The Morgan fingerprint density at radius 2 is 2.40 bits per heavy atom. The molecule has 88 valence electrons. The largest absolute Gasteiger partial charge is 0.480 e. The summed E-state index contributed by atoms with van der Waals surface area (Å²) in [6, 6.07) is -0.465. The van der Waals surface area contributed by atoms with Gasteiger partial charge in [0.1, 0.15) is 6.04 Å². The lowest BCUT2D eigenvalue weighted by Crippen LogP contribution is -2.45. The summed E-state index contributed by atoms with van der Waals surface area (Å²) < 4.78 is 5.20. The van der Waals surface area contributed by atoms with Crippen LogP contribution in [-0.4, -0.2) is 62.4 Å². The van der Waals surface area contributed by atoms with Crippen molar-refractivity contribution in [2.75, 3.05) is 40.4 Å². The monoisotopic (exact) mass is 216 g/mol. The predicted octanol–water partition coefficient (Wildman–Crippen LogP) is -0.373. The number of ether oxygens (including phenoxy) is 1. The number of carboxylic acids is 1. The minimum atomic E-state index is -0.774. The smallest absolute Gasteiger partial charge is 0.321 e. The third-order valence-corrected chi connectivity index (χ3v) is 2.63. The highest BCUT2D eigenvalue weighted by Gasteiger charge is 2.30. The molecule has 5 heteroatoms. The van der Waals surface area contributed by atoms with Crippen LogP contribution in [-0.2, 0) is 9.53 Å². The quantitative estimate of drug-likeness (QED) is 0.634. The minimum Gasteiger partial charge on any atom is -0.480 e. The number of hydrogen-bond donors (Lipinski definition) is 2. The van der Waals surface area contributed by atoms with E-state index in [1.807, 2.05) is 19.0 Å². The summed E-state index contributed by atoms with van der Waals surface area (Å²) in [6.07, 6.45) is 0.839. The second kappa shape index (κ2) is 6.05. The van der Waals surface area contributed by atoms with Gasteiger partial charge in [0, 0.05) is 25.6 Å². The molecule has 0 aromatic heterocycles. The molecule has 1 fully saturated rings. The van der Waals surface area contributed by atoms with E-state index in [1.54, 1.807) is 0 Å². The van der Waals surface area contributed by atoms with Crippen molar-refractivity contribution in [3.8, 4) is 0 Å². The molecular weight excluding hydrogens is 196 g/mol. The second-order valence-electron chi connectivity index (χ2n) is 4.20. The number of hydrogen-bond acceptors (Lipinski definition) is 4. The van der Waals surface area contributed by atoms with E-state index in [0.29, 0.717) is 19.8 Å². The Bertz CT molecular complexity index is 203. The maximum Gasteiger partial charge on any atom is 0.321 e. The van der Waals surface area contributed by atoms with Crippen molar-refractivity contribution in [2.45, 2.75) is 12.5 Å². The normalized spacial score (nSPS) is 23.3. The summed E-state index contributed by atoms with van der Waals surface area (Å²) in [6.45, 7) is 2.79. The number of aliphatic carboxylic acids is 1. The van der Waals surface area contributed by atoms with Gasteiger partial charge in [-0.25, -0.2) is 0 Å². The molecule has 5 nitrogen and oxygen atoms in total. The van der Waals surface area contributed by atoms with Crippen LogP contribution < -0.4 is 5.32 Å². The summed E-state index contributed by atoms with van der Waals surface area (Å²) in [5.41, 5.74) is 0. The molecule has 0 radical (unpaired) electrons. The highest BCUT2D eigenvalue weighted by molar-refractivity contribution is 5.73. The fraction of sp³-hybridized carbons (Fsp3) is 0.900. The van der Waals surface area contributed by atoms with Crippen LogP contribution in [0.2, 0.25) is 0 Å². The van der Waals surface area contributed by atoms with Crippen LogP contribution in [0, 0.1) is 5.92 Å². The highest BCUT2D eigenvalue weighted by Crippen LogP contribution is 2.16. The fourth-order valence-corrected chi connectivity index (χ4v) is 1.71. The summed E-state index contributed by atoms with van der Waals surface area (Å²) >= 11 is 0. The lowest BCUT2D eigenvalue weighted by molar-refractivity contribution is -0.141. The number of carbonyl (C=O) groups is 1. The number of nitrogens with one attached hydrogen (secondary N) is 1. The molecule has 1 aliphatic heterocycles. The van der Waals surface area contributed by atoms with Crippen molar-refractivity contribution in [2.24, 2.45) is 5.92 Å². The van der Waals surface area contributed by atoms with Gasteiger partial charge in [0.05, 0.1) is 6.61 Å². The third-order valence-electron chi connectivity index (χ3n) is 2.63. The Labute approximate surface area is 90.4 Å². The van der Waals surface area contributed by atoms with E-state index in [4.69, 9.17) is 9.84 Å². The molecule has 1 rings (SSSR count). The highest BCUT2D eigenvalue weighted by atomic mass is 16.5. The molecule has 1 aliphatic rings. The van der Waals surface area contributed by atoms with Crippen molar-refractivity contribution in [1.29, 1.82) is 0 Å². The first-order valence-corrected chi connectivity index (χ1v) is 5.30. The van der Waals surface area contributed by atoms with Crippen LogP contribution in [0.3, 0.4) is 0 Å². The molecule has 2 N–H and O–H groups in total. The van der Waals surface area contributed by atoms with Gasteiger partial charge in [0.25, 0.3) is 0 Å². The summed E-state index contributed by atoms with van der Waals surface area (Å²) in [7, 11) is 3.94. The molecule has 1 heterocycles. The van der Waals surface area contributed by atoms with Crippen molar-refractivity contribution in [1.82, 2.24) is 10.2 Å². The molecule has 2 atom stereocenters. The van der Waals surface area contributed by atoms with Crippen LogP contribution in [0.25, 0.3) is 0 Å². The first kappa shape index (κ1) is 12.4. The van der Waals surface area contributed by atoms with Gasteiger partial charge in [-0.2, -0.15) is 0 Å². The molecule has 15 heavy (non-hydrogen) atoms. The maximum absolute atomic E-state index is 11.0. The van der Waals surface area contributed by atoms with E-state index in [1.165, 1.54) is 0 Å². The molecule has 0 bridgehead atoms. The molecule has 0 spiro atoms. The zero-order valence-corrected chi connectivity index (χ0v) is 9.40. The number of nitrogens with zero attached hydrogens (tertiary/aromatic N) is 1. The molecule has 2 unspecified atom stereocenters. The number of carboxylic acid groups (broad SMARTS) is 1. The summed E-state index contributed by atoms with van der Waals surface area (Å²) in [5, 5.41) is 12.1. The first-order chi connectivity index (χ1) is 7.11. The van der Waals surface area contributed by atoms with E-state index in [9.17, 15) is 4.79 Å². The van der Waals surface area contributed by atoms with Gasteiger partial charge in [-0.05, 0) is 20.5 Å². The van der Waals surface area contributed by atoms with E-state index < -0.39 is 12.0 Å². The number of likely N-dealkylation sites (N-methyl/N-ethyl adjacent to an activating group) is 1. The zero-order valence-electron chi connectivity index (χ0n) is 9.40. The Morgan fingerprint density at radius 3 is 2.87 bits per heavy atom. The van der Waals surface area contributed by atoms with Crippen molar-refractivity contribution < 1.29 is 14.6 Å². The maximum atomic E-state index is 11.0. The van der Waals surface area contributed by atoms with Gasteiger partial charge in [-0.15, -0.1) is 0 Å². The minimum absolute atomic E-state index is 0.115. The average Bonchev–Trinajstić information content (AvgIpc) is 2.63. The van der Waals surface area contributed by atoms with E-state index in [-0.39, 0.29) is 5.92 Å². The standard InChI is InChI=1S/C10H20N2O3/c1-12(2)5-4-11-9(10(13)14)8-3-6-15-7-8/h8-9,11H,3-7H2,1-2H3,(H,13,14). The van der Waals surface area contributed by atoms with Crippen LogP contribution in [0.5, 0.6) is 0 Å². The Hall–Kier alpha value is -0.650. The zero-order chi connectivity index (χ0) is 11.3. The SMILES string of the molecule is CN(C)CCNC(C(=O)O)C1CCOC1. The van der Waals surface area contributed by atoms with Gasteiger partial charge in [-0.3, -0.25) is 4.79 Å². The van der Waals surface area contributed by atoms with E-state index >= 15 is 0 Å². The van der Waals surface area contributed by atoms with Gasteiger partial charge >= 0.3 is 5.97 Å². The fourth-order valence-electron chi connectivity index (χ4n) is 1.71. The lowest BCUT2D eigenvalue weighted by Gasteiger charge is -2.20. The molecule has 0 aromatic rings. The van der Waals surface area contributed by atoms with Gasteiger partial charge < -0.3 is 20.1 Å². The molecule has 0 aliphatic carbocycles. The predicted molar refractivity (Wildman–Crippen MR) is 56.9 cm³/mol. The van der Waals surface area contributed by atoms with E-state index in [0.717, 1.165) is 13.0 Å². The van der Waals surface area contributed by atoms with Crippen LogP contribution >= 0.6 is 0 Å². The molecule has 0 saturated carbocycles. The first-order valence-electron chi connectivity index (χ1n) is 5.30.